The Kier molecular flexibility index (Phi) is 4.89. The zero-order chi connectivity index (χ0) is 12.2. The first-order valence-electron chi connectivity index (χ1n) is 5.12. The molecule has 0 amide bonds. The van der Waals surface area contributed by atoms with Crippen LogP contribution in [-0.4, -0.2) is 20.4 Å². The van der Waals surface area contributed by atoms with Crippen molar-refractivity contribution in [2.45, 2.75) is 19.3 Å². The monoisotopic (exact) mass is 289 g/mol. The minimum Gasteiger partial charge on any atom is -0.370 e. The van der Waals surface area contributed by atoms with Crippen molar-refractivity contribution in [1.82, 2.24) is 5.32 Å². The minimum atomic E-state index is -0.271. The van der Waals surface area contributed by atoms with Crippen LogP contribution in [0.2, 0.25) is 0 Å². The van der Waals surface area contributed by atoms with Crippen molar-refractivity contribution >= 4 is 15.9 Å². The average Bonchev–Trinajstić information content (AvgIpc) is 2.22. The molecule has 0 aliphatic rings. The van der Waals surface area contributed by atoms with Crippen molar-refractivity contribution in [2.75, 3.05) is 20.4 Å². The van der Waals surface area contributed by atoms with E-state index in [9.17, 15) is 4.39 Å². The molecule has 0 unspecified atom stereocenters. The van der Waals surface area contributed by atoms with Gasteiger partial charge in [0.15, 0.2) is 0 Å². The Morgan fingerprint density at radius 1 is 1.44 bits per heavy atom. The van der Waals surface area contributed by atoms with Crippen LogP contribution in [0, 0.1) is 5.82 Å². The molecule has 0 saturated carbocycles. The Labute approximate surface area is 104 Å². The zero-order valence-corrected chi connectivity index (χ0v) is 11.4. The highest BCUT2D eigenvalue weighted by molar-refractivity contribution is 9.10. The van der Waals surface area contributed by atoms with E-state index in [1.807, 2.05) is 19.9 Å². The molecular formula is C12H17BrFNO. The summed E-state index contributed by atoms with van der Waals surface area (Å²) in [7, 11) is 1.62. The molecule has 0 saturated heterocycles. The second-order valence-corrected chi connectivity index (χ2v) is 5.28. The standard InChI is InChI=1S/C12H17BrFNO/c1-12(2,7-15-8-16-3)10-6-9(13)4-5-11(10)14/h4-6,15H,7-8H2,1-3H3. The topological polar surface area (TPSA) is 21.3 Å². The van der Waals surface area contributed by atoms with E-state index in [0.29, 0.717) is 18.8 Å². The van der Waals surface area contributed by atoms with Gasteiger partial charge in [-0.1, -0.05) is 29.8 Å². The van der Waals surface area contributed by atoms with Gasteiger partial charge in [-0.3, -0.25) is 5.32 Å². The van der Waals surface area contributed by atoms with Gasteiger partial charge in [-0.2, -0.15) is 0 Å². The average molecular weight is 290 g/mol. The van der Waals surface area contributed by atoms with E-state index < -0.39 is 0 Å². The summed E-state index contributed by atoms with van der Waals surface area (Å²) in [6.07, 6.45) is 0. The lowest BCUT2D eigenvalue weighted by molar-refractivity contribution is 0.169. The van der Waals surface area contributed by atoms with E-state index in [2.05, 4.69) is 21.2 Å². The van der Waals surface area contributed by atoms with Crippen LogP contribution in [0.5, 0.6) is 0 Å². The van der Waals surface area contributed by atoms with Crippen molar-refractivity contribution in [3.05, 3.63) is 34.1 Å². The number of rotatable bonds is 5. The Morgan fingerprint density at radius 2 is 2.12 bits per heavy atom. The molecule has 0 aliphatic heterocycles. The highest BCUT2D eigenvalue weighted by Crippen LogP contribution is 2.27. The van der Waals surface area contributed by atoms with Gasteiger partial charge in [-0.15, -0.1) is 0 Å². The molecule has 0 aliphatic carbocycles. The fraction of sp³-hybridized carbons (Fsp3) is 0.500. The maximum Gasteiger partial charge on any atom is 0.127 e. The first kappa shape index (κ1) is 13.6. The number of halogens is 2. The summed E-state index contributed by atoms with van der Waals surface area (Å²) in [6.45, 7) is 5.13. The smallest absolute Gasteiger partial charge is 0.127 e. The predicted molar refractivity (Wildman–Crippen MR) is 67.0 cm³/mol. The van der Waals surface area contributed by atoms with E-state index in [4.69, 9.17) is 4.74 Å². The molecule has 0 spiro atoms. The van der Waals surface area contributed by atoms with Crippen molar-refractivity contribution in [3.63, 3.8) is 0 Å². The van der Waals surface area contributed by atoms with Crippen LogP contribution in [0.15, 0.2) is 22.7 Å². The van der Waals surface area contributed by atoms with Crippen LogP contribution in [-0.2, 0) is 10.2 Å². The molecule has 4 heteroatoms. The number of benzene rings is 1. The lowest BCUT2D eigenvalue weighted by atomic mass is 9.84. The van der Waals surface area contributed by atoms with E-state index in [1.165, 1.54) is 6.07 Å². The van der Waals surface area contributed by atoms with Crippen LogP contribution >= 0.6 is 15.9 Å². The maximum absolute atomic E-state index is 13.7. The van der Waals surface area contributed by atoms with Gasteiger partial charge < -0.3 is 4.74 Å². The number of nitrogens with one attached hydrogen (secondary N) is 1. The molecule has 1 aromatic carbocycles. The molecule has 16 heavy (non-hydrogen) atoms. The van der Waals surface area contributed by atoms with E-state index >= 15 is 0 Å². The summed E-state index contributed by atoms with van der Waals surface area (Å²) >= 11 is 3.36. The van der Waals surface area contributed by atoms with Gasteiger partial charge >= 0.3 is 0 Å². The van der Waals surface area contributed by atoms with Crippen LogP contribution < -0.4 is 5.32 Å². The largest absolute Gasteiger partial charge is 0.370 e. The first-order chi connectivity index (χ1) is 7.47. The van der Waals surface area contributed by atoms with Gasteiger partial charge in [0.2, 0.25) is 0 Å². The van der Waals surface area contributed by atoms with Crippen molar-refractivity contribution < 1.29 is 9.13 Å². The van der Waals surface area contributed by atoms with E-state index in [1.54, 1.807) is 13.2 Å². The summed E-state index contributed by atoms with van der Waals surface area (Å²) in [5.74, 6) is -0.174. The number of methoxy groups -OCH3 is 1. The fourth-order valence-corrected chi connectivity index (χ4v) is 1.94. The number of hydrogen-bond acceptors (Lipinski definition) is 2. The summed E-state index contributed by atoms with van der Waals surface area (Å²) in [4.78, 5) is 0. The first-order valence-corrected chi connectivity index (χ1v) is 5.92. The molecule has 0 atom stereocenters. The van der Waals surface area contributed by atoms with Gasteiger partial charge in [-0.05, 0) is 23.8 Å². The number of hydrogen-bond donors (Lipinski definition) is 1. The quantitative estimate of drug-likeness (QED) is 0.665. The Balaban J connectivity index is 2.83. The zero-order valence-electron chi connectivity index (χ0n) is 9.81. The van der Waals surface area contributed by atoms with Crippen molar-refractivity contribution in [1.29, 1.82) is 0 Å². The van der Waals surface area contributed by atoms with Crippen LogP contribution in [0.4, 0.5) is 4.39 Å². The molecule has 1 rings (SSSR count). The molecule has 1 aromatic rings. The minimum absolute atomic E-state index is 0.174. The third-order valence-corrected chi connectivity index (χ3v) is 2.96. The molecule has 0 aromatic heterocycles. The van der Waals surface area contributed by atoms with Gasteiger partial charge in [0.25, 0.3) is 0 Å². The van der Waals surface area contributed by atoms with Crippen LogP contribution in [0.3, 0.4) is 0 Å². The molecular weight excluding hydrogens is 273 g/mol. The normalized spacial score (nSPS) is 11.8. The third kappa shape index (κ3) is 3.54. The fourth-order valence-electron chi connectivity index (χ4n) is 1.58. The second kappa shape index (κ2) is 5.75. The van der Waals surface area contributed by atoms with E-state index in [0.717, 1.165) is 4.47 Å². The molecule has 0 bridgehead atoms. The third-order valence-electron chi connectivity index (χ3n) is 2.47. The van der Waals surface area contributed by atoms with Gasteiger partial charge in [0, 0.05) is 23.5 Å². The Hall–Kier alpha value is -0.450. The molecule has 0 fully saturated rings. The highest BCUT2D eigenvalue weighted by atomic mass is 79.9. The van der Waals surface area contributed by atoms with Gasteiger partial charge in [0.05, 0.1) is 6.73 Å². The molecule has 2 nitrogen and oxygen atoms in total. The van der Waals surface area contributed by atoms with E-state index in [-0.39, 0.29) is 11.2 Å². The van der Waals surface area contributed by atoms with Gasteiger partial charge in [-0.25, -0.2) is 4.39 Å². The second-order valence-electron chi connectivity index (χ2n) is 4.37. The summed E-state index contributed by atoms with van der Waals surface area (Å²) in [6, 6.07) is 5.01. The van der Waals surface area contributed by atoms with Crippen molar-refractivity contribution in [2.24, 2.45) is 0 Å². The van der Waals surface area contributed by atoms with Crippen molar-refractivity contribution in [3.8, 4) is 0 Å². The molecule has 1 N–H and O–H groups in total. The lowest BCUT2D eigenvalue weighted by Gasteiger charge is -2.26. The number of ether oxygens (including phenoxy) is 1. The predicted octanol–water partition coefficient (Wildman–Crippen LogP) is 3.06. The molecule has 0 radical (unpaired) electrons. The molecule has 0 heterocycles. The van der Waals surface area contributed by atoms with Crippen LogP contribution in [0.1, 0.15) is 19.4 Å². The maximum atomic E-state index is 13.7. The lowest BCUT2D eigenvalue weighted by Crippen LogP contribution is -2.34. The SMILES string of the molecule is COCNCC(C)(C)c1cc(Br)ccc1F. The summed E-state index contributed by atoms with van der Waals surface area (Å²) in [5, 5.41) is 3.12. The Bertz CT molecular complexity index is 355. The van der Waals surface area contributed by atoms with Crippen LogP contribution in [0.25, 0.3) is 0 Å². The summed E-state index contributed by atoms with van der Waals surface area (Å²) in [5.41, 5.74) is 0.428. The summed E-state index contributed by atoms with van der Waals surface area (Å²) < 4.78 is 19.5. The Morgan fingerprint density at radius 3 is 2.75 bits per heavy atom. The molecule has 90 valence electrons. The van der Waals surface area contributed by atoms with Gasteiger partial charge in [0.1, 0.15) is 5.82 Å². The highest BCUT2D eigenvalue weighted by Gasteiger charge is 2.23.